The molecule has 1 aromatic heterocycles. The number of hydrogen-bond acceptors (Lipinski definition) is 3. The second kappa shape index (κ2) is 7.68. The van der Waals surface area contributed by atoms with E-state index >= 15 is 0 Å². The minimum atomic E-state index is -0.179. The Bertz CT molecular complexity index is 637. The molecule has 0 radical (unpaired) electrons. The van der Waals surface area contributed by atoms with Crippen LogP contribution in [0.15, 0.2) is 40.8 Å². The summed E-state index contributed by atoms with van der Waals surface area (Å²) in [5.74, 6) is 0.741. The van der Waals surface area contributed by atoms with Gasteiger partial charge in [0.15, 0.2) is 5.76 Å². The predicted molar refractivity (Wildman–Crippen MR) is 89.8 cm³/mol. The molecule has 3 rings (SSSR count). The van der Waals surface area contributed by atoms with E-state index in [1.807, 2.05) is 18.2 Å². The minimum Gasteiger partial charge on any atom is -0.451 e. The molecule has 0 aliphatic carbocycles. The monoisotopic (exact) mass is 340 g/mol. The molecule has 0 bridgehead atoms. The third-order valence-corrected chi connectivity index (χ3v) is 3.93. The van der Waals surface area contributed by atoms with Crippen LogP contribution in [0, 0.1) is 0 Å². The first kappa shape index (κ1) is 16.9. The molecule has 1 atom stereocenters. The fraction of sp³-hybridized carbons (Fsp3) is 0.312. The summed E-state index contributed by atoms with van der Waals surface area (Å²) in [7, 11) is 0. The van der Waals surface area contributed by atoms with Gasteiger partial charge in [-0.05, 0) is 43.7 Å². The van der Waals surface area contributed by atoms with Crippen molar-refractivity contribution in [2.75, 3.05) is 13.1 Å². The Morgan fingerprint density at radius 3 is 2.82 bits per heavy atom. The van der Waals surface area contributed by atoms with Gasteiger partial charge >= 0.3 is 0 Å². The van der Waals surface area contributed by atoms with Crippen molar-refractivity contribution in [2.24, 2.45) is 0 Å². The zero-order chi connectivity index (χ0) is 14.7. The number of rotatable bonds is 3. The fourth-order valence-corrected chi connectivity index (χ4v) is 2.73. The summed E-state index contributed by atoms with van der Waals surface area (Å²) in [6, 6.07) is 11.0. The molecule has 4 nitrogen and oxygen atoms in total. The molecular formula is C16H18Cl2N2O2. The highest BCUT2D eigenvalue weighted by atomic mass is 35.5. The molecule has 0 saturated carbocycles. The Morgan fingerprint density at radius 1 is 1.27 bits per heavy atom. The van der Waals surface area contributed by atoms with Crippen molar-refractivity contribution in [3.05, 3.63) is 47.2 Å². The summed E-state index contributed by atoms with van der Waals surface area (Å²) >= 11 is 6.13. The highest BCUT2D eigenvalue weighted by molar-refractivity contribution is 6.33. The summed E-state index contributed by atoms with van der Waals surface area (Å²) in [6.45, 7) is 1.83. The third kappa shape index (κ3) is 3.83. The minimum absolute atomic E-state index is 0. The molecule has 118 valence electrons. The highest BCUT2D eigenvalue weighted by Gasteiger charge is 2.19. The summed E-state index contributed by atoms with van der Waals surface area (Å²) < 4.78 is 5.64. The summed E-state index contributed by atoms with van der Waals surface area (Å²) in [6.07, 6.45) is 2.07. The van der Waals surface area contributed by atoms with Crippen LogP contribution in [0.3, 0.4) is 0 Å². The van der Waals surface area contributed by atoms with E-state index in [0.717, 1.165) is 31.5 Å². The number of amides is 1. The largest absolute Gasteiger partial charge is 0.451 e. The van der Waals surface area contributed by atoms with Gasteiger partial charge in [-0.3, -0.25) is 4.79 Å². The van der Waals surface area contributed by atoms with Crippen molar-refractivity contribution in [2.45, 2.75) is 18.9 Å². The quantitative estimate of drug-likeness (QED) is 0.898. The molecule has 1 aliphatic heterocycles. The van der Waals surface area contributed by atoms with Crippen molar-refractivity contribution >= 4 is 29.9 Å². The lowest BCUT2D eigenvalue weighted by atomic mass is 10.1. The average molecular weight is 341 g/mol. The van der Waals surface area contributed by atoms with Gasteiger partial charge in [0, 0.05) is 18.2 Å². The molecule has 1 fully saturated rings. The number of piperidine rings is 1. The van der Waals surface area contributed by atoms with Crippen molar-refractivity contribution in [1.82, 2.24) is 10.6 Å². The van der Waals surface area contributed by atoms with Gasteiger partial charge in [0.25, 0.3) is 5.91 Å². The van der Waals surface area contributed by atoms with E-state index in [1.54, 1.807) is 18.2 Å². The molecule has 1 saturated heterocycles. The first-order valence-corrected chi connectivity index (χ1v) is 7.48. The first-order chi connectivity index (χ1) is 10.2. The number of carbonyl (C=O) groups is 1. The van der Waals surface area contributed by atoms with Crippen LogP contribution < -0.4 is 10.6 Å². The maximum absolute atomic E-state index is 12.2. The molecule has 2 heterocycles. The van der Waals surface area contributed by atoms with Gasteiger partial charge in [-0.25, -0.2) is 0 Å². The van der Waals surface area contributed by atoms with Crippen molar-refractivity contribution < 1.29 is 9.21 Å². The van der Waals surface area contributed by atoms with E-state index in [4.69, 9.17) is 16.0 Å². The molecular weight excluding hydrogens is 323 g/mol. The molecule has 2 aromatic rings. The Balaban J connectivity index is 0.00000176. The van der Waals surface area contributed by atoms with Crippen LogP contribution in [-0.4, -0.2) is 25.0 Å². The topological polar surface area (TPSA) is 54.3 Å². The average Bonchev–Trinajstić information content (AvgIpc) is 2.98. The Morgan fingerprint density at radius 2 is 2.09 bits per heavy atom. The Hall–Kier alpha value is -1.49. The van der Waals surface area contributed by atoms with Gasteiger partial charge in [0.2, 0.25) is 0 Å². The number of nitrogens with one attached hydrogen (secondary N) is 2. The number of hydrogen-bond donors (Lipinski definition) is 2. The maximum atomic E-state index is 12.2. The SMILES string of the molecule is Cl.O=C(NC1CCCNC1)c1ccc(-c2ccccc2Cl)o1. The Kier molecular flexibility index (Phi) is 5.89. The fourth-order valence-electron chi connectivity index (χ4n) is 2.50. The lowest BCUT2D eigenvalue weighted by molar-refractivity contribution is 0.0903. The lowest BCUT2D eigenvalue weighted by Crippen LogP contribution is -2.45. The van der Waals surface area contributed by atoms with Crippen LogP contribution in [0.25, 0.3) is 11.3 Å². The van der Waals surface area contributed by atoms with Crippen LogP contribution in [0.5, 0.6) is 0 Å². The standard InChI is InChI=1S/C16H17ClN2O2.ClH/c17-13-6-2-1-5-12(13)14-7-8-15(21-14)16(20)19-11-4-3-9-18-10-11;/h1-2,5-8,11,18H,3-4,9-10H2,(H,19,20);1H. The summed E-state index contributed by atoms with van der Waals surface area (Å²) in [4.78, 5) is 12.2. The Labute approximate surface area is 140 Å². The second-order valence-electron chi connectivity index (χ2n) is 5.16. The molecule has 1 amide bonds. The number of furan rings is 1. The van der Waals surface area contributed by atoms with Crippen LogP contribution in [0.1, 0.15) is 23.4 Å². The highest BCUT2D eigenvalue weighted by Crippen LogP contribution is 2.29. The van der Waals surface area contributed by atoms with E-state index in [9.17, 15) is 4.79 Å². The second-order valence-corrected chi connectivity index (χ2v) is 5.57. The molecule has 1 aliphatic rings. The molecule has 6 heteroatoms. The maximum Gasteiger partial charge on any atom is 0.287 e. The normalized spacial score (nSPS) is 17.6. The smallest absolute Gasteiger partial charge is 0.287 e. The van der Waals surface area contributed by atoms with Gasteiger partial charge in [0.05, 0.1) is 5.02 Å². The van der Waals surface area contributed by atoms with Crippen molar-refractivity contribution in [3.8, 4) is 11.3 Å². The van der Waals surface area contributed by atoms with Crippen LogP contribution >= 0.6 is 24.0 Å². The molecule has 2 N–H and O–H groups in total. The van der Waals surface area contributed by atoms with E-state index < -0.39 is 0 Å². The van der Waals surface area contributed by atoms with E-state index in [2.05, 4.69) is 10.6 Å². The number of carbonyl (C=O) groups excluding carboxylic acids is 1. The zero-order valence-electron chi connectivity index (χ0n) is 12.0. The van der Waals surface area contributed by atoms with E-state index in [1.165, 1.54) is 0 Å². The molecule has 22 heavy (non-hydrogen) atoms. The van der Waals surface area contributed by atoms with Gasteiger partial charge in [0.1, 0.15) is 5.76 Å². The van der Waals surface area contributed by atoms with Gasteiger partial charge in [-0.2, -0.15) is 0 Å². The van der Waals surface area contributed by atoms with Gasteiger partial charge in [-0.15, -0.1) is 12.4 Å². The number of halogens is 2. The van der Waals surface area contributed by atoms with Crippen LogP contribution in [0.2, 0.25) is 5.02 Å². The summed E-state index contributed by atoms with van der Waals surface area (Å²) in [5.41, 5.74) is 0.789. The lowest BCUT2D eigenvalue weighted by Gasteiger charge is -2.23. The number of benzene rings is 1. The van der Waals surface area contributed by atoms with Crippen LogP contribution in [0.4, 0.5) is 0 Å². The van der Waals surface area contributed by atoms with Gasteiger partial charge in [-0.1, -0.05) is 23.7 Å². The van der Waals surface area contributed by atoms with E-state index in [-0.39, 0.29) is 24.4 Å². The van der Waals surface area contributed by atoms with E-state index in [0.29, 0.717) is 16.5 Å². The molecule has 1 unspecified atom stereocenters. The van der Waals surface area contributed by atoms with Gasteiger partial charge < -0.3 is 15.1 Å². The summed E-state index contributed by atoms with van der Waals surface area (Å²) in [5, 5.41) is 6.86. The molecule has 0 spiro atoms. The third-order valence-electron chi connectivity index (χ3n) is 3.60. The van der Waals surface area contributed by atoms with Crippen LogP contribution in [-0.2, 0) is 0 Å². The molecule has 1 aromatic carbocycles. The first-order valence-electron chi connectivity index (χ1n) is 7.10. The van der Waals surface area contributed by atoms with Crippen molar-refractivity contribution in [1.29, 1.82) is 0 Å². The predicted octanol–water partition coefficient (Wildman–Crippen LogP) is 3.50. The zero-order valence-corrected chi connectivity index (χ0v) is 13.5. The van der Waals surface area contributed by atoms with Crippen molar-refractivity contribution in [3.63, 3.8) is 0 Å².